The standard InChI is InChI=1S/C17H20O2/c1-14(18)19-17(13-15-9-5-4-6-10-15)16-11-7-2-3-8-12-16/h4-7,9-12,17H,2-3,8,13H2,1H3. The van der Waals surface area contributed by atoms with Crippen LogP contribution >= 0.6 is 0 Å². The second-order valence-corrected chi connectivity index (χ2v) is 4.83. The van der Waals surface area contributed by atoms with Gasteiger partial charge in [0.2, 0.25) is 0 Å². The van der Waals surface area contributed by atoms with Crippen LogP contribution in [-0.2, 0) is 16.0 Å². The molecule has 2 nitrogen and oxygen atoms in total. The highest BCUT2D eigenvalue weighted by atomic mass is 16.5. The van der Waals surface area contributed by atoms with E-state index in [9.17, 15) is 4.79 Å². The molecule has 0 heterocycles. The lowest BCUT2D eigenvalue weighted by molar-refractivity contribution is -0.144. The zero-order chi connectivity index (χ0) is 13.5. The van der Waals surface area contributed by atoms with Gasteiger partial charge >= 0.3 is 5.97 Å². The molecule has 1 aromatic carbocycles. The van der Waals surface area contributed by atoms with Gasteiger partial charge in [0.15, 0.2) is 0 Å². The van der Waals surface area contributed by atoms with Crippen molar-refractivity contribution in [2.24, 2.45) is 0 Å². The topological polar surface area (TPSA) is 26.3 Å². The molecule has 2 heteroatoms. The van der Waals surface area contributed by atoms with Crippen LogP contribution in [-0.4, -0.2) is 12.1 Å². The summed E-state index contributed by atoms with van der Waals surface area (Å²) < 4.78 is 5.49. The van der Waals surface area contributed by atoms with Crippen molar-refractivity contribution in [2.45, 2.75) is 38.7 Å². The molecule has 1 aromatic rings. The van der Waals surface area contributed by atoms with Gasteiger partial charge in [-0.1, -0.05) is 48.6 Å². The molecule has 0 radical (unpaired) electrons. The van der Waals surface area contributed by atoms with Gasteiger partial charge in [-0.15, -0.1) is 0 Å². The van der Waals surface area contributed by atoms with Gasteiger partial charge < -0.3 is 4.74 Å². The monoisotopic (exact) mass is 256 g/mol. The fraction of sp³-hybridized carbons (Fsp3) is 0.353. The molecule has 0 saturated heterocycles. The van der Waals surface area contributed by atoms with E-state index >= 15 is 0 Å². The van der Waals surface area contributed by atoms with Gasteiger partial charge in [0.05, 0.1) is 0 Å². The van der Waals surface area contributed by atoms with Crippen LogP contribution in [0.15, 0.2) is 54.1 Å². The molecular weight excluding hydrogens is 236 g/mol. The van der Waals surface area contributed by atoms with E-state index in [-0.39, 0.29) is 12.1 Å². The quantitative estimate of drug-likeness (QED) is 0.765. The molecule has 1 atom stereocenters. The van der Waals surface area contributed by atoms with E-state index < -0.39 is 0 Å². The Morgan fingerprint density at radius 1 is 1.26 bits per heavy atom. The van der Waals surface area contributed by atoms with Crippen molar-refractivity contribution in [2.75, 3.05) is 0 Å². The lowest BCUT2D eigenvalue weighted by Crippen LogP contribution is -2.21. The van der Waals surface area contributed by atoms with Crippen LogP contribution in [0.1, 0.15) is 31.7 Å². The first kappa shape index (κ1) is 13.6. The van der Waals surface area contributed by atoms with Gasteiger partial charge in [-0.05, 0) is 30.4 Å². The minimum absolute atomic E-state index is 0.172. The van der Waals surface area contributed by atoms with Gasteiger partial charge in [0.25, 0.3) is 0 Å². The zero-order valence-electron chi connectivity index (χ0n) is 11.3. The smallest absolute Gasteiger partial charge is 0.303 e. The highest BCUT2D eigenvalue weighted by Gasteiger charge is 2.17. The largest absolute Gasteiger partial charge is 0.457 e. The van der Waals surface area contributed by atoms with E-state index in [0.29, 0.717) is 0 Å². The summed E-state index contributed by atoms with van der Waals surface area (Å²) in [7, 11) is 0. The lowest BCUT2D eigenvalue weighted by atomic mass is 10.0. The van der Waals surface area contributed by atoms with Crippen LogP contribution in [0.2, 0.25) is 0 Å². The Balaban J connectivity index is 2.15. The minimum Gasteiger partial charge on any atom is -0.457 e. The van der Waals surface area contributed by atoms with Gasteiger partial charge in [-0.25, -0.2) is 0 Å². The fourth-order valence-electron chi connectivity index (χ4n) is 2.29. The number of benzene rings is 1. The van der Waals surface area contributed by atoms with E-state index in [4.69, 9.17) is 4.74 Å². The molecule has 0 aliphatic heterocycles. The molecule has 0 amide bonds. The van der Waals surface area contributed by atoms with Crippen LogP contribution in [0.4, 0.5) is 0 Å². The van der Waals surface area contributed by atoms with Crippen LogP contribution in [0.3, 0.4) is 0 Å². The molecule has 0 N–H and O–H groups in total. The van der Waals surface area contributed by atoms with E-state index in [1.807, 2.05) is 18.2 Å². The Kier molecular flexibility index (Phi) is 4.96. The summed E-state index contributed by atoms with van der Waals surface area (Å²) in [6.07, 6.45) is 10.3. The van der Waals surface area contributed by atoms with E-state index in [1.54, 1.807) is 0 Å². The number of carbonyl (C=O) groups excluding carboxylic acids is 1. The summed E-state index contributed by atoms with van der Waals surface area (Å²) in [6, 6.07) is 10.2. The van der Waals surface area contributed by atoms with Crippen LogP contribution < -0.4 is 0 Å². The van der Waals surface area contributed by atoms with Crippen molar-refractivity contribution in [1.29, 1.82) is 0 Å². The molecule has 0 aromatic heterocycles. The molecule has 1 aliphatic rings. The SMILES string of the molecule is CC(=O)OC(Cc1ccccc1)C1=CCCCC=C1. The highest BCUT2D eigenvalue weighted by molar-refractivity contribution is 5.66. The van der Waals surface area contributed by atoms with Crippen LogP contribution in [0.25, 0.3) is 0 Å². The highest BCUT2D eigenvalue weighted by Crippen LogP contribution is 2.19. The van der Waals surface area contributed by atoms with E-state index in [2.05, 4.69) is 30.4 Å². The zero-order valence-corrected chi connectivity index (χ0v) is 11.3. The number of carbonyl (C=O) groups is 1. The third-order valence-electron chi connectivity index (χ3n) is 3.21. The molecule has 100 valence electrons. The second kappa shape index (κ2) is 6.93. The Labute approximate surface area is 114 Å². The molecule has 2 rings (SSSR count). The Hall–Kier alpha value is -1.83. The second-order valence-electron chi connectivity index (χ2n) is 4.83. The minimum atomic E-state index is -0.223. The molecule has 0 saturated carbocycles. The van der Waals surface area contributed by atoms with Crippen molar-refractivity contribution in [3.63, 3.8) is 0 Å². The summed E-state index contributed by atoms with van der Waals surface area (Å²) in [6.45, 7) is 1.47. The summed E-state index contributed by atoms with van der Waals surface area (Å²) in [5.41, 5.74) is 2.31. The van der Waals surface area contributed by atoms with Crippen molar-refractivity contribution < 1.29 is 9.53 Å². The number of hydrogen-bond acceptors (Lipinski definition) is 2. The van der Waals surface area contributed by atoms with Gasteiger partial charge in [0, 0.05) is 13.3 Å². The van der Waals surface area contributed by atoms with Gasteiger partial charge in [-0.3, -0.25) is 4.79 Å². The number of hydrogen-bond donors (Lipinski definition) is 0. The molecule has 0 fully saturated rings. The molecule has 0 bridgehead atoms. The van der Waals surface area contributed by atoms with Crippen molar-refractivity contribution in [3.8, 4) is 0 Å². The maximum atomic E-state index is 11.3. The molecule has 1 unspecified atom stereocenters. The molecule has 1 aliphatic carbocycles. The van der Waals surface area contributed by atoms with E-state index in [0.717, 1.165) is 31.3 Å². The third kappa shape index (κ3) is 4.40. The van der Waals surface area contributed by atoms with Gasteiger partial charge in [-0.2, -0.15) is 0 Å². The number of esters is 1. The number of ether oxygens (including phenoxy) is 1. The first-order valence-corrected chi connectivity index (χ1v) is 6.83. The number of allylic oxidation sites excluding steroid dienone is 2. The average molecular weight is 256 g/mol. The molecule has 19 heavy (non-hydrogen) atoms. The Bertz CT molecular complexity index is 471. The summed E-state index contributed by atoms with van der Waals surface area (Å²) >= 11 is 0. The maximum Gasteiger partial charge on any atom is 0.303 e. The summed E-state index contributed by atoms with van der Waals surface area (Å²) in [4.78, 5) is 11.3. The average Bonchev–Trinajstić information content (AvgIpc) is 2.67. The lowest BCUT2D eigenvalue weighted by Gasteiger charge is -2.18. The Morgan fingerprint density at radius 2 is 2.05 bits per heavy atom. The normalized spacial score (nSPS) is 16.4. The van der Waals surface area contributed by atoms with Crippen molar-refractivity contribution >= 4 is 5.97 Å². The Morgan fingerprint density at radius 3 is 2.79 bits per heavy atom. The molecule has 0 spiro atoms. The molecular formula is C17H20O2. The third-order valence-corrected chi connectivity index (χ3v) is 3.21. The first-order valence-electron chi connectivity index (χ1n) is 6.83. The first-order chi connectivity index (χ1) is 9.25. The van der Waals surface area contributed by atoms with Gasteiger partial charge in [0.1, 0.15) is 6.10 Å². The van der Waals surface area contributed by atoms with Crippen molar-refractivity contribution in [1.82, 2.24) is 0 Å². The summed E-state index contributed by atoms with van der Waals surface area (Å²) in [5, 5.41) is 0. The van der Waals surface area contributed by atoms with Crippen molar-refractivity contribution in [3.05, 3.63) is 59.7 Å². The maximum absolute atomic E-state index is 11.3. The predicted molar refractivity (Wildman–Crippen MR) is 76.8 cm³/mol. The summed E-state index contributed by atoms with van der Waals surface area (Å²) in [5.74, 6) is -0.223. The van der Waals surface area contributed by atoms with Crippen LogP contribution in [0.5, 0.6) is 0 Å². The van der Waals surface area contributed by atoms with E-state index in [1.165, 1.54) is 12.5 Å². The predicted octanol–water partition coefficient (Wildman–Crippen LogP) is 3.83. The fourth-order valence-corrected chi connectivity index (χ4v) is 2.29. The number of rotatable bonds is 4. The van der Waals surface area contributed by atoms with Crippen LogP contribution in [0, 0.1) is 0 Å².